The van der Waals surface area contributed by atoms with E-state index in [2.05, 4.69) is 10.3 Å². The van der Waals surface area contributed by atoms with Crippen LogP contribution >= 0.6 is 0 Å². The van der Waals surface area contributed by atoms with Gasteiger partial charge in [0.1, 0.15) is 0 Å². The van der Waals surface area contributed by atoms with Gasteiger partial charge in [-0.1, -0.05) is 6.92 Å². The van der Waals surface area contributed by atoms with Crippen LogP contribution < -0.4 is 11.1 Å². The highest BCUT2D eigenvalue weighted by atomic mass is 16.3. The number of rotatable bonds is 5. The minimum absolute atomic E-state index is 0.138. The van der Waals surface area contributed by atoms with Crippen molar-refractivity contribution in [2.45, 2.75) is 19.4 Å². The summed E-state index contributed by atoms with van der Waals surface area (Å²) in [5.74, 6) is 0.310. The Balaban J connectivity index is 3.53. The summed E-state index contributed by atoms with van der Waals surface area (Å²) in [6.45, 7) is 2.64. The molecule has 0 fully saturated rings. The quantitative estimate of drug-likeness (QED) is 0.307. The number of guanidine groups is 1. The highest BCUT2D eigenvalue weighted by Crippen LogP contribution is 1.81. The second kappa shape index (κ2) is 6.87. The Bertz CT molecular complexity index is 139. The van der Waals surface area contributed by atoms with Gasteiger partial charge in [-0.2, -0.15) is 0 Å². The Morgan fingerprint density at radius 3 is 2.83 bits per heavy atom. The van der Waals surface area contributed by atoms with Gasteiger partial charge in [0.05, 0.1) is 19.3 Å². The van der Waals surface area contributed by atoms with E-state index in [4.69, 9.17) is 15.9 Å². The van der Waals surface area contributed by atoms with Gasteiger partial charge in [0, 0.05) is 6.54 Å². The molecule has 1 unspecified atom stereocenters. The van der Waals surface area contributed by atoms with Gasteiger partial charge < -0.3 is 21.3 Å². The normalized spacial score (nSPS) is 14.4. The van der Waals surface area contributed by atoms with E-state index in [1.54, 1.807) is 0 Å². The number of nitrogens with one attached hydrogen (secondary N) is 1. The number of hydrogen-bond acceptors (Lipinski definition) is 3. The first-order chi connectivity index (χ1) is 5.70. The van der Waals surface area contributed by atoms with Gasteiger partial charge in [-0.25, -0.2) is 0 Å². The zero-order chi connectivity index (χ0) is 9.40. The maximum atomic E-state index is 8.89. The van der Waals surface area contributed by atoms with Gasteiger partial charge in [-0.15, -0.1) is 0 Å². The zero-order valence-corrected chi connectivity index (χ0v) is 7.32. The van der Waals surface area contributed by atoms with E-state index in [1.165, 1.54) is 0 Å². The van der Waals surface area contributed by atoms with Crippen molar-refractivity contribution in [1.29, 1.82) is 0 Å². The molecule has 12 heavy (non-hydrogen) atoms. The van der Waals surface area contributed by atoms with Crippen LogP contribution in [-0.4, -0.2) is 42.0 Å². The molecule has 5 nitrogen and oxygen atoms in total. The van der Waals surface area contributed by atoms with Crippen molar-refractivity contribution < 1.29 is 10.2 Å². The maximum Gasteiger partial charge on any atom is 0.188 e. The van der Waals surface area contributed by atoms with E-state index in [1.807, 2.05) is 6.92 Å². The van der Waals surface area contributed by atoms with Crippen LogP contribution in [0.3, 0.4) is 0 Å². The van der Waals surface area contributed by atoms with Crippen LogP contribution in [0.4, 0.5) is 0 Å². The Kier molecular flexibility index (Phi) is 6.41. The molecule has 0 heterocycles. The fraction of sp³-hybridized carbons (Fsp3) is 0.857. The maximum absolute atomic E-state index is 8.89. The summed E-state index contributed by atoms with van der Waals surface area (Å²) in [7, 11) is 0. The molecule has 0 amide bonds. The summed E-state index contributed by atoms with van der Waals surface area (Å²) < 4.78 is 0. The van der Waals surface area contributed by atoms with E-state index < -0.39 is 6.10 Å². The molecule has 0 spiro atoms. The minimum atomic E-state index is -0.813. The van der Waals surface area contributed by atoms with Crippen LogP contribution in [0.25, 0.3) is 0 Å². The molecular formula is C7H17N3O2. The second-order valence-corrected chi connectivity index (χ2v) is 2.49. The van der Waals surface area contributed by atoms with Crippen LogP contribution in [0.15, 0.2) is 4.99 Å². The molecule has 5 heteroatoms. The summed E-state index contributed by atoms with van der Waals surface area (Å²) in [5, 5.41) is 20.2. The molecule has 0 aromatic heterocycles. The lowest BCUT2D eigenvalue weighted by atomic mass is 10.4. The lowest BCUT2D eigenvalue weighted by Crippen LogP contribution is -2.33. The third-order valence-electron chi connectivity index (χ3n) is 1.24. The number of hydrogen-bond donors (Lipinski definition) is 4. The zero-order valence-electron chi connectivity index (χ0n) is 7.32. The third kappa shape index (κ3) is 5.94. The van der Waals surface area contributed by atoms with E-state index in [9.17, 15) is 0 Å². The molecule has 0 aliphatic carbocycles. The Morgan fingerprint density at radius 1 is 1.67 bits per heavy atom. The SMILES string of the molecule is CCCNC(N)=NCC(O)CO. The molecule has 1 atom stereocenters. The van der Waals surface area contributed by atoms with Gasteiger partial charge in [-0.3, -0.25) is 4.99 Å². The van der Waals surface area contributed by atoms with Crippen molar-refractivity contribution >= 4 is 5.96 Å². The van der Waals surface area contributed by atoms with Crippen molar-refractivity contribution in [3.8, 4) is 0 Å². The Morgan fingerprint density at radius 2 is 2.33 bits per heavy atom. The summed E-state index contributed by atoms with van der Waals surface area (Å²) in [4.78, 5) is 3.81. The number of nitrogens with zero attached hydrogens (tertiary/aromatic N) is 1. The average Bonchev–Trinajstić information content (AvgIpc) is 2.10. The molecule has 0 aromatic rings. The fourth-order valence-corrected chi connectivity index (χ4v) is 0.570. The van der Waals surface area contributed by atoms with Crippen LogP contribution in [0.1, 0.15) is 13.3 Å². The Hall–Kier alpha value is -0.810. The molecule has 0 bridgehead atoms. The molecule has 0 aliphatic heterocycles. The highest BCUT2D eigenvalue weighted by Gasteiger charge is 1.99. The first-order valence-corrected chi connectivity index (χ1v) is 4.03. The van der Waals surface area contributed by atoms with Crippen molar-refractivity contribution in [2.75, 3.05) is 19.7 Å². The van der Waals surface area contributed by atoms with Gasteiger partial charge in [0.25, 0.3) is 0 Å². The van der Waals surface area contributed by atoms with Crippen LogP contribution in [-0.2, 0) is 0 Å². The van der Waals surface area contributed by atoms with Crippen molar-refractivity contribution in [1.82, 2.24) is 5.32 Å². The predicted molar refractivity (Wildman–Crippen MR) is 47.9 cm³/mol. The number of aliphatic hydroxyl groups is 2. The van der Waals surface area contributed by atoms with E-state index >= 15 is 0 Å². The van der Waals surface area contributed by atoms with E-state index in [-0.39, 0.29) is 13.2 Å². The molecule has 0 aliphatic rings. The topological polar surface area (TPSA) is 90.9 Å². The van der Waals surface area contributed by atoms with Crippen molar-refractivity contribution in [2.24, 2.45) is 10.7 Å². The molecule has 0 saturated carbocycles. The predicted octanol–water partition coefficient (Wildman–Crippen LogP) is -1.35. The van der Waals surface area contributed by atoms with E-state index in [0.29, 0.717) is 5.96 Å². The molecule has 0 radical (unpaired) electrons. The molecular weight excluding hydrogens is 158 g/mol. The number of aliphatic imine (C=N–C) groups is 1. The first kappa shape index (κ1) is 11.2. The lowest BCUT2D eigenvalue weighted by Gasteiger charge is -2.05. The fourth-order valence-electron chi connectivity index (χ4n) is 0.570. The summed E-state index contributed by atoms with van der Waals surface area (Å²) in [6.07, 6.45) is 0.158. The second-order valence-electron chi connectivity index (χ2n) is 2.49. The van der Waals surface area contributed by atoms with Crippen LogP contribution in [0, 0.1) is 0 Å². The van der Waals surface area contributed by atoms with Crippen molar-refractivity contribution in [3.63, 3.8) is 0 Å². The lowest BCUT2D eigenvalue weighted by molar-refractivity contribution is 0.102. The van der Waals surface area contributed by atoms with E-state index in [0.717, 1.165) is 13.0 Å². The first-order valence-electron chi connectivity index (χ1n) is 4.03. The standard InChI is InChI=1S/C7H17N3O2/c1-2-3-9-7(8)10-4-6(12)5-11/h6,11-12H,2-5H2,1H3,(H3,8,9,10). The van der Waals surface area contributed by atoms with Gasteiger partial charge >= 0.3 is 0 Å². The largest absolute Gasteiger partial charge is 0.394 e. The summed E-state index contributed by atoms with van der Waals surface area (Å²) >= 11 is 0. The average molecular weight is 175 g/mol. The number of aliphatic hydroxyl groups excluding tert-OH is 2. The third-order valence-corrected chi connectivity index (χ3v) is 1.24. The number of nitrogens with two attached hydrogens (primary N) is 1. The monoisotopic (exact) mass is 175 g/mol. The summed E-state index contributed by atoms with van der Waals surface area (Å²) in [6, 6.07) is 0. The van der Waals surface area contributed by atoms with Gasteiger partial charge in [0.2, 0.25) is 0 Å². The van der Waals surface area contributed by atoms with Crippen molar-refractivity contribution in [3.05, 3.63) is 0 Å². The highest BCUT2D eigenvalue weighted by molar-refractivity contribution is 5.77. The van der Waals surface area contributed by atoms with Gasteiger partial charge in [0.15, 0.2) is 5.96 Å². The summed E-state index contributed by atoms with van der Waals surface area (Å²) in [5.41, 5.74) is 5.41. The van der Waals surface area contributed by atoms with Crippen LogP contribution in [0.5, 0.6) is 0 Å². The molecule has 0 rings (SSSR count). The minimum Gasteiger partial charge on any atom is -0.394 e. The molecule has 0 aromatic carbocycles. The smallest absolute Gasteiger partial charge is 0.188 e. The Labute approximate surface area is 72.3 Å². The molecule has 72 valence electrons. The van der Waals surface area contributed by atoms with Crippen LogP contribution in [0.2, 0.25) is 0 Å². The van der Waals surface area contributed by atoms with Gasteiger partial charge in [-0.05, 0) is 6.42 Å². The molecule has 0 saturated heterocycles. The molecule has 5 N–H and O–H groups in total.